The number of nitrogens with one attached hydrogen (secondary N) is 1. The van der Waals surface area contributed by atoms with Gasteiger partial charge in [0.25, 0.3) is 5.91 Å². The highest BCUT2D eigenvalue weighted by atomic mass is 79.9. The number of aromatic nitrogens is 1. The Morgan fingerprint density at radius 3 is 2.65 bits per heavy atom. The van der Waals surface area contributed by atoms with Gasteiger partial charge in [-0.2, -0.15) is 0 Å². The number of hydrogen-bond acceptors (Lipinski definition) is 5. The minimum atomic E-state index is -0.686. The summed E-state index contributed by atoms with van der Waals surface area (Å²) in [4.78, 5) is 26.9. The maximum Gasteiger partial charge on any atom is 0.325 e. The lowest BCUT2D eigenvalue weighted by atomic mass is 10.2. The van der Waals surface area contributed by atoms with Crippen LogP contribution in [-0.4, -0.2) is 29.0 Å². The second kappa shape index (κ2) is 6.17. The van der Waals surface area contributed by atoms with Gasteiger partial charge in [-0.15, -0.1) is 0 Å². The summed E-state index contributed by atoms with van der Waals surface area (Å²) in [6, 6.07) is 0.972. The van der Waals surface area contributed by atoms with Crippen molar-refractivity contribution in [2.75, 3.05) is 12.3 Å². The second-order valence-corrected chi connectivity index (χ2v) is 5.72. The predicted octanol–water partition coefficient (Wildman–Crippen LogP) is 1.64. The fourth-order valence-electron chi connectivity index (χ4n) is 1.28. The van der Waals surface area contributed by atoms with Crippen molar-refractivity contribution in [3.63, 3.8) is 0 Å². The van der Waals surface area contributed by atoms with E-state index in [1.54, 1.807) is 20.8 Å². The SMILES string of the molecule is CC(C)(C)OC(=O)CNC(=O)c1nc(Br)c(F)cc1N. The van der Waals surface area contributed by atoms with E-state index >= 15 is 0 Å². The zero-order chi connectivity index (χ0) is 15.5. The molecule has 0 spiro atoms. The van der Waals surface area contributed by atoms with Crippen molar-refractivity contribution in [3.05, 3.63) is 22.2 Å². The molecule has 110 valence electrons. The van der Waals surface area contributed by atoms with Crippen molar-refractivity contribution in [2.45, 2.75) is 26.4 Å². The van der Waals surface area contributed by atoms with Crippen LogP contribution < -0.4 is 11.1 Å². The van der Waals surface area contributed by atoms with Crippen LogP contribution in [0.5, 0.6) is 0 Å². The lowest BCUT2D eigenvalue weighted by Gasteiger charge is -2.19. The minimum Gasteiger partial charge on any atom is -0.459 e. The molecule has 6 nitrogen and oxygen atoms in total. The number of carbonyl (C=O) groups is 2. The van der Waals surface area contributed by atoms with Gasteiger partial charge in [0.2, 0.25) is 0 Å². The minimum absolute atomic E-state index is 0.118. The maximum absolute atomic E-state index is 13.1. The second-order valence-electron chi connectivity index (χ2n) is 4.97. The summed E-state index contributed by atoms with van der Waals surface area (Å²) in [7, 11) is 0. The van der Waals surface area contributed by atoms with Crippen molar-refractivity contribution in [1.29, 1.82) is 0 Å². The van der Waals surface area contributed by atoms with Gasteiger partial charge in [0.05, 0.1) is 5.69 Å². The molecule has 0 fully saturated rings. The zero-order valence-corrected chi connectivity index (χ0v) is 12.9. The third-order valence-electron chi connectivity index (χ3n) is 1.99. The van der Waals surface area contributed by atoms with Crippen LogP contribution in [0, 0.1) is 5.82 Å². The first-order valence-corrected chi connectivity index (χ1v) is 6.51. The van der Waals surface area contributed by atoms with Crippen LogP contribution >= 0.6 is 15.9 Å². The van der Waals surface area contributed by atoms with Crippen molar-refractivity contribution in [1.82, 2.24) is 10.3 Å². The summed E-state index contributed by atoms with van der Waals surface area (Å²) in [5.74, 6) is -1.95. The zero-order valence-electron chi connectivity index (χ0n) is 11.3. The topological polar surface area (TPSA) is 94.3 Å². The third-order valence-corrected chi connectivity index (χ3v) is 2.55. The largest absolute Gasteiger partial charge is 0.459 e. The third kappa shape index (κ3) is 4.76. The van der Waals surface area contributed by atoms with Crippen LogP contribution in [0.2, 0.25) is 0 Å². The Hall–Kier alpha value is -1.70. The summed E-state index contributed by atoms with van der Waals surface area (Å²) < 4.78 is 18.0. The fraction of sp³-hybridized carbons (Fsp3) is 0.417. The van der Waals surface area contributed by atoms with Gasteiger partial charge in [-0.1, -0.05) is 0 Å². The summed E-state index contributed by atoms with van der Waals surface area (Å²) in [5, 5.41) is 2.31. The highest BCUT2D eigenvalue weighted by Crippen LogP contribution is 2.18. The smallest absolute Gasteiger partial charge is 0.325 e. The lowest BCUT2D eigenvalue weighted by Crippen LogP contribution is -2.35. The van der Waals surface area contributed by atoms with Crippen molar-refractivity contribution >= 4 is 33.5 Å². The molecule has 0 bridgehead atoms. The number of nitrogens with two attached hydrogens (primary N) is 1. The number of pyridine rings is 1. The van der Waals surface area contributed by atoms with Crippen molar-refractivity contribution in [2.24, 2.45) is 0 Å². The standard InChI is InChI=1S/C12H15BrFN3O3/c1-12(2,3)20-8(18)5-16-11(19)9-7(15)4-6(14)10(13)17-9/h4H,5,15H2,1-3H3,(H,16,19). The summed E-state index contributed by atoms with van der Waals surface area (Å²) in [6.45, 7) is 4.81. The maximum atomic E-state index is 13.1. The average molecular weight is 348 g/mol. The number of carbonyl (C=O) groups excluding carboxylic acids is 2. The fourth-order valence-corrected chi connectivity index (χ4v) is 1.57. The Balaban J connectivity index is 2.69. The first-order chi connectivity index (χ1) is 9.10. The van der Waals surface area contributed by atoms with Crippen molar-refractivity contribution < 1.29 is 18.7 Å². The number of hydrogen-bond donors (Lipinski definition) is 2. The Morgan fingerprint density at radius 2 is 2.10 bits per heavy atom. The van der Waals surface area contributed by atoms with Crippen LogP contribution in [0.15, 0.2) is 10.7 Å². The molecule has 20 heavy (non-hydrogen) atoms. The molecule has 0 aliphatic rings. The van der Waals surface area contributed by atoms with Gasteiger partial charge in [0.15, 0.2) is 11.5 Å². The molecule has 0 atom stereocenters. The van der Waals surface area contributed by atoms with E-state index in [0.29, 0.717) is 0 Å². The van der Waals surface area contributed by atoms with E-state index in [1.807, 2.05) is 0 Å². The molecule has 0 saturated heterocycles. The summed E-state index contributed by atoms with van der Waals surface area (Å²) in [6.07, 6.45) is 0. The molecule has 8 heteroatoms. The molecule has 1 aromatic rings. The van der Waals surface area contributed by atoms with E-state index in [4.69, 9.17) is 10.5 Å². The monoisotopic (exact) mass is 347 g/mol. The first-order valence-electron chi connectivity index (χ1n) is 5.71. The van der Waals surface area contributed by atoms with Crippen LogP contribution in [0.25, 0.3) is 0 Å². The van der Waals surface area contributed by atoms with Gasteiger partial charge in [-0.3, -0.25) is 9.59 Å². The molecule has 0 aromatic carbocycles. The van der Waals surface area contributed by atoms with E-state index < -0.39 is 23.3 Å². The van der Waals surface area contributed by atoms with Crippen molar-refractivity contribution in [3.8, 4) is 0 Å². The van der Waals surface area contributed by atoms with Gasteiger partial charge in [0, 0.05) is 6.07 Å². The molecule has 1 heterocycles. The number of esters is 1. The number of nitrogens with zero attached hydrogens (tertiary/aromatic N) is 1. The Kier molecular flexibility index (Phi) is 5.04. The average Bonchev–Trinajstić information content (AvgIpc) is 2.28. The first kappa shape index (κ1) is 16.4. The number of amides is 1. The molecule has 3 N–H and O–H groups in total. The quantitative estimate of drug-likeness (QED) is 0.640. The Morgan fingerprint density at radius 1 is 1.50 bits per heavy atom. The van der Waals surface area contributed by atoms with E-state index in [1.165, 1.54) is 0 Å². The number of halogens is 2. The Labute approximate surface area is 124 Å². The molecule has 0 aliphatic heterocycles. The number of ether oxygens (including phenoxy) is 1. The van der Waals surface area contributed by atoms with Gasteiger partial charge < -0.3 is 15.8 Å². The lowest BCUT2D eigenvalue weighted by molar-refractivity contribution is -0.153. The number of anilines is 1. The van der Waals surface area contributed by atoms with Gasteiger partial charge in [0.1, 0.15) is 16.7 Å². The normalized spacial score (nSPS) is 11.1. The Bertz CT molecular complexity index is 543. The molecule has 0 unspecified atom stereocenters. The molecule has 1 aromatic heterocycles. The van der Waals surface area contributed by atoms with E-state index in [0.717, 1.165) is 6.07 Å². The van der Waals surface area contributed by atoms with Crippen LogP contribution in [0.1, 0.15) is 31.3 Å². The summed E-state index contributed by atoms with van der Waals surface area (Å²) >= 11 is 2.86. The van der Waals surface area contributed by atoms with E-state index in [2.05, 4.69) is 26.2 Å². The number of nitrogen functional groups attached to an aromatic ring is 1. The number of rotatable bonds is 3. The van der Waals surface area contributed by atoms with Gasteiger partial charge in [-0.05, 0) is 36.7 Å². The predicted molar refractivity (Wildman–Crippen MR) is 74.5 cm³/mol. The molecule has 1 rings (SSSR count). The van der Waals surface area contributed by atoms with E-state index in [-0.39, 0.29) is 22.5 Å². The molecular formula is C12H15BrFN3O3. The van der Waals surface area contributed by atoms with Gasteiger partial charge in [-0.25, -0.2) is 9.37 Å². The van der Waals surface area contributed by atoms with Crippen LogP contribution in [0.4, 0.5) is 10.1 Å². The molecule has 1 amide bonds. The summed E-state index contributed by atoms with van der Waals surface area (Å²) in [5.41, 5.74) is 4.57. The highest BCUT2D eigenvalue weighted by Gasteiger charge is 2.19. The van der Waals surface area contributed by atoms with Crippen LogP contribution in [-0.2, 0) is 9.53 Å². The molecule has 0 aliphatic carbocycles. The molecule has 0 saturated carbocycles. The molecule has 0 radical (unpaired) electrons. The molecular weight excluding hydrogens is 333 g/mol. The van der Waals surface area contributed by atoms with Gasteiger partial charge >= 0.3 is 5.97 Å². The van der Waals surface area contributed by atoms with Crippen LogP contribution in [0.3, 0.4) is 0 Å². The highest BCUT2D eigenvalue weighted by molar-refractivity contribution is 9.10. The van der Waals surface area contributed by atoms with E-state index in [9.17, 15) is 14.0 Å².